The molecule has 2 aliphatic rings. The van der Waals surface area contributed by atoms with Crippen LogP contribution in [0.3, 0.4) is 0 Å². The Morgan fingerprint density at radius 1 is 1.09 bits per heavy atom. The Labute approximate surface area is 194 Å². The first-order valence-corrected chi connectivity index (χ1v) is 12.0. The predicted molar refractivity (Wildman–Crippen MR) is 128 cm³/mol. The number of benzene rings is 2. The van der Waals surface area contributed by atoms with Crippen LogP contribution in [0.15, 0.2) is 48.5 Å². The number of hydrogen-bond acceptors (Lipinski definition) is 4. The van der Waals surface area contributed by atoms with E-state index in [0.29, 0.717) is 49.1 Å². The average Bonchev–Trinajstić information content (AvgIpc) is 3.21. The third-order valence-electron chi connectivity index (χ3n) is 6.92. The minimum Gasteiger partial charge on any atom is -0.351 e. The number of nitrogens with one attached hydrogen (secondary N) is 1. The van der Waals surface area contributed by atoms with Crippen molar-refractivity contribution >= 4 is 22.8 Å². The fourth-order valence-corrected chi connectivity index (χ4v) is 4.98. The van der Waals surface area contributed by atoms with Crippen molar-refractivity contribution in [2.24, 2.45) is 0 Å². The average molecular weight is 446 g/mol. The maximum Gasteiger partial charge on any atom is 0.290 e. The van der Waals surface area contributed by atoms with Gasteiger partial charge in [0.1, 0.15) is 0 Å². The zero-order valence-electron chi connectivity index (χ0n) is 19.2. The maximum atomic E-state index is 13.1. The van der Waals surface area contributed by atoms with Crippen LogP contribution >= 0.6 is 0 Å². The van der Waals surface area contributed by atoms with Gasteiger partial charge in [0.2, 0.25) is 0 Å². The van der Waals surface area contributed by atoms with E-state index in [2.05, 4.69) is 22.1 Å². The van der Waals surface area contributed by atoms with E-state index in [9.17, 15) is 9.59 Å². The number of nitrogens with zero attached hydrogens (tertiary/aromatic N) is 4. The van der Waals surface area contributed by atoms with Gasteiger partial charge >= 0.3 is 0 Å². The topological polar surface area (TPSA) is 70.5 Å². The molecule has 0 saturated carbocycles. The molecule has 7 nitrogen and oxygen atoms in total. The Morgan fingerprint density at radius 2 is 1.94 bits per heavy atom. The highest BCUT2D eigenvalue weighted by molar-refractivity contribution is 6.00. The molecule has 0 unspecified atom stereocenters. The zero-order chi connectivity index (χ0) is 22.8. The van der Waals surface area contributed by atoms with Crippen molar-refractivity contribution in [2.45, 2.75) is 45.3 Å². The molecule has 1 fully saturated rings. The Bertz CT molecular complexity index is 1160. The number of fused-ring (bicyclic) bond motifs is 3. The van der Waals surface area contributed by atoms with Gasteiger partial charge < -0.3 is 14.8 Å². The number of piperidine rings is 1. The smallest absolute Gasteiger partial charge is 0.290 e. The molecule has 1 aromatic heterocycles. The SMILES string of the molecule is C[C@H]1CCCCN1CCNC(=O)c1ccc2c(c1)nc1n2CCN(Cc2ccccc2)C1=O. The second kappa shape index (κ2) is 9.35. The van der Waals surface area contributed by atoms with Crippen LogP contribution in [0.4, 0.5) is 0 Å². The van der Waals surface area contributed by atoms with E-state index >= 15 is 0 Å². The molecule has 2 amide bonds. The van der Waals surface area contributed by atoms with Crippen molar-refractivity contribution in [1.82, 2.24) is 24.7 Å². The molecule has 3 heterocycles. The van der Waals surface area contributed by atoms with Crippen LogP contribution in [0.25, 0.3) is 11.0 Å². The monoisotopic (exact) mass is 445 g/mol. The summed E-state index contributed by atoms with van der Waals surface area (Å²) in [5, 5.41) is 3.05. The third kappa shape index (κ3) is 4.50. The van der Waals surface area contributed by atoms with Crippen LogP contribution < -0.4 is 5.32 Å². The molecule has 3 aromatic rings. The lowest BCUT2D eigenvalue weighted by Crippen LogP contribution is -2.42. The van der Waals surface area contributed by atoms with Crippen LogP contribution in [0.5, 0.6) is 0 Å². The molecule has 2 aromatic carbocycles. The molecule has 0 radical (unpaired) electrons. The summed E-state index contributed by atoms with van der Waals surface area (Å²) in [6.45, 7) is 6.79. The molecule has 0 spiro atoms. The number of amides is 2. The molecule has 5 rings (SSSR count). The van der Waals surface area contributed by atoms with E-state index < -0.39 is 0 Å². The first-order chi connectivity index (χ1) is 16.1. The predicted octanol–water partition coefficient (Wildman–Crippen LogP) is 3.30. The Hall–Kier alpha value is -3.19. The van der Waals surface area contributed by atoms with E-state index in [1.807, 2.05) is 51.9 Å². The van der Waals surface area contributed by atoms with Crippen molar-refractivity contribution in [3.05, 3.63) is 65.5 Å². The minimum absolute atomic E-state index is 0.0667. The van der Waals surface area contributed by atoms with E-state index in [-0.39, 0.29) is 11.8 Å². The molecule has 172 valence electrons. The van der Waals surface area contributed by atoms with Crippen molar-refractivity contribution in [3.8, 4) is 0 Å². The summed E-state index contributed by atoms with van der Waals surface area (Å²) in [4.78, 5) is 34.7. The van der Waals surface area contributed by atoms with Gasteiger partial charge in [-0.15, -0.1) is 0 Å². The standard InChI is InChI=1S/C26H31N5O2/c1-19-7-5-6-13-29(19)14-12-27-25(32)21-10-11-23-22(17-21)28-24-26(33)30(15-16-31(23)24)18-20-8-3-2-4-9-20/h2-4,8-11,17,19H,5-7,12-16,18H2,1H3,(H,27,32)/t19-/m0/s1. The molecule has 0 bridgehead atoms. The van der Waals surface area contributed by atoms with Crippen LogP contribution in [-0.4, -0.2) is 63.4 Å². The fraction of sp³-hybridized carbons (Fsp3) is 0.423. The summed E-state index contributed by atoms with van der Waals surface area (Å²) in [5.41, 5.74) is 3.28. The number of aromatic nitrogens is 2. The van der Waals surface area contributed by atoms with Crippen molar-refractivity contribution in [1.29, 1.82) is 0 Å². The highest BCUT2D eigenvalue weighted by Crippen LogP contribution is 2.23. The van der Waals surface area contributed by atoms with Crippen molar-refractivity contribution in [2.75, 3.05) is 26.2 Å². The molecule has 0 aliphatic carbocycles. The van der Waals surface area contributed by atoms with Crippen molar-refractivity contribution < 1.29 is 9.59 Å². The Kier molecular flexibility index (Phi) is 6.13. The summed E-state index contributed by atoms with van der Waals surface area (Å²) in [7, 11) is 0. The summed E-state index contributed by atoms with van der Waals surface area (Å²) in [6.07, 6.45) is 3.77. The molecule has 1 saturated heterocycles. The van der Waals surface area contributed by atoms with Gasteiger partial charge in [0.25, 0.3) is 11.8 Å². The summed E-state index contributed by atoms with van der Waals surface area (Å²) >= 11 is 0. The highest BCUT2D eigenvalue weighted by atomic mass is 16.2. The van der Waals surface area contributed by atoms with Gasteiger partial charge in [0.15, 0.2) is 5.82 Å². The number of hydrogen-bond donors (Lipinski definition) is 1. The van der Waals surface area contributed by atoms with E-state index in [1.54, 1.807) is 6.07 Å². The highest BCUT2D eigenvalue weighted by Gasteiger charge is 2.28. The van der Waals surface area contributed by atoms with Crippen LogP contribution in [0.2, 0.25) is 0 Å². The summed E-state index contributed by atoms with van der Waals surface area (Å²) in [5.74, 6) is 0.288. The summed E-state index contributed by atoms with van der Waals surface area (Å²) in [6, 6.07) is 16.1. The van der Waals surface area contributed by atoms with Crippen LogP contribution in [0.1, 0.15) is 52.7 Å². The largest absolute Gasteiger partial charge is 0.351 e. The number of carbonyl (C=O) groups is 2. The third-order valence-corrected chi connectivity index (χ3v) is 6.92. The number of likely N-dealkylation sites (tertiary alicyclic amines) is 1. The Morgan fingerprint density at radius 3 is 2.76 bits per heavy atom. The van der Waals surface area contributed by atoms with Gasteiger partial charge in [0.05, 0.1) is 11.0 Å². The number of carbonyl (C=O) groups excluding carboxylic acids is 2. The van der Waals surface area contributed by atoms with Gasteiger partial charge in [-0.2, -0.15) is 0 Å². The Balaban J connectivity index is 1.26. The summed E-state index contributed by atoms with van der Waals surface area (Å²) < 4.78 is 1.97. The van der Waals surface area contributed by atoms with Gasteiger partial charge in [-0.25, -0.2) is 4.98 Å². The second-order valence-corrected chi connectivity index (χ2v) is 9.14. The van der Waals surface area contributed by atoms with Crippen molar-refractivity contribution in [3.63, 3.8) is 0 Å². The number of rotatable bonds is 6. The molecule has 33 heavy (non-hydrogen) atoms. The molecule has 1 atom stereocenters. The lowest BCUT2D eigenvalue weighted by atomic mass is 10.0. The molecule has 2 aliphatic heterocycles. The van der Waals surface area contributed by atoms with Gasteiger partial charge in [-0.3, -0.25) is 14.5 Å². The number of imidazole rings is 1. The van der Waals surface area contributed by atoms with Crippen LogP contribution in [0, 0.1) is 0 Å². The van der Waals surface area contributed by atoms with E-state index in [0.717, 1.165) is 24.2 Å². The van der Waals surface area contributed by atoms with E-state index in [1.165, 1.54) is 19.3 Å². The minimum atomic E-state index is -0.0930. The maximum absolute atomic E-state index is 13.1. The molecular formula is C26H31N5O2. The van der Waals surface area contributed by atoms with Gasteiger partial charge in [-0.05, 0) is 50.1 Å². The first-order valence-electron chi connectivity index (χ1n) is 12.0. The molecule has 1 N–H and O–H groups in total. The quantitative estimate of drug-likeness (QED) is 0.632. The zero-order valence-corrected chi connectivity index (χ0v) is 19.2. The molecule has 7 heteroatoms. The van der Waals surface area contributed by atoms with Crippen LogP contribution in [-0.2, 0) is 13.1 Å². The van der Waals surface area contributed by atoms with Gasteiger partial charge in [0, 0.05) is 44.3 Å². The normalized spacial score (nSPS) is 19.0. The lowest BCUT2D eigenvalue weighted by molar-refractivity contribution is 0.0685. The first kappa shape index (κ1) is 21.6. The lowest BCUT2D eigenvalue weighted by Gasteiger charge is -2.33. The fourth-order valence-electron chi connectivity index (χ4n) is 4.98. The van der Waals surface area contributed by atoms with Gasteiger partial charge in [-0.1, -0.05) is 36.8 Å². The van der Waals surface area contributed by atoms with E-state index in [4.69, 9.17) is 0 Å². The molecular weight excluding hydrogens is 414 g/mol. The second-order valence-electron chi connectivity index (χ2n) is 9.14.